The van der Waals surface area contributed by atoms with Crippen LogP contribution in [0, 0.1) is 6.92 Å². The highest BCUT2D eigenvalue weighted by molar-refractivity contribution is 5.62. The van der Waals surface area contributed by atoms with Crippen molar-refractivity contribution in [3.8, 4) is 11.5 Å². The van der Waals surface area contributed by atoms with Crippen LogP contribution in [0.2, 0.25) is 0 Å². The van der Waals surface area contributed by atoms with E-state index in [0.29, 0.717) is 5.89 Å². The van der Waals surface area contributed by atoms with Crippen molar-refractivity contribution in [3.05, 3.63) is 29.6 Å². The van der Waals surface area contributed by atoms with Gasteiger partial charge in [-0.3, -0.25) is 0 Å². The maximum absolute atomic E-state index is 5.83. The summed E-state index contributed by atoms with van der Waals surface area (Å²) >= 11 is 0. The third-order valence-corrected chi connectivity index (χ3v) is 2.47. The Morgan fingerprint density at radius 1 is 1.38 bits per heavy atom. The first-order chi connectivity index (χ1) is 7.70. The summed E-state index contributed by atoms with van der Waals surface area (Å²) in [6.45, 7) is 4.05. The van der Waals surface area contributed by atoms with Gasteiger partial charge in [-0.15, -0.1) is 0 Å². The van der Waals surface area contributed by atoms with E-state index in [1.165, 1.54) is 0 Å². The van der Waals surface area contributed by atoms with Gasteiger partial charge < -0.3 is 10.3 Å². The van der Waals surface area contributed by atoms with Crippen molar-refractivity contribution in [1.82, 2.24) is 10.1 Å². The molecule has 0 unspecified atom stereocenters. The number of anilines is 1. The van der Waals surface area contributed by atoms with E-state index < -0.39 is 0 Å². The minimum Gasteiger partial charge on any atom is -0.398 e. The molecule has 0 spiro atoms. The predicted octanol–water partition coefficient (Wildman–Crippen LogP) is 2.58. The maximum Gasteiger partial charge on any atom is 0.257 e. The number of hydrogen-bond donors (Lipinski definition) is 1. The molecule has 1 aromatic carbocycles. The standard InChI is InChI=1S/C12H15N3O/c1-3-4-11-14-12(16-15-11)9-6-5-8(2)10(13)7-9/h5-7H,3-4,13H2,1-2H3. The summed E-state index contributed by atoms with van der Waals surface area (Å²) in [4.78, 5) is 4.31. The van der Waals surface area contributed by atoms with E-state index >= 15 is 0 Å². The second kappa shape index (κ2) is 4.35. The molecule has 1 heterocycles. The number of aromatic nitrogens is 2. The molecule has 0 aliphatic carbocycles. The third kappa shape index (κ3) is 2.05. The van der Waals surface area contributed by atoms with Crippen molar-refractivity contribution in [1.29, 1.82) is 0 Å². The van der Waals surface area contributed by atoms with Gasteiger partial charge in [0.25, 0.3) is 5.89 Å². The van der Waals surface area contributed by atoms with Gasteiger partial charge in [0.1, 0.15) is 0 Å². The van der Waals surface area contributed by atoms with Crippen LogP contribution in [0.1, 0.15) is 24.7 Å². The van der Waals surface area contributed by atoms with E-state index in [4.69, 9.17) is 10.3 Å². The third-order valence-electron chi connectivity index (χ3n) is 2.47. The predicted molar refractivity (Wildman–Crippen MR) is 62.9 cm³/mol. The van der Waals surface area contributed by atoms with Crippen LogP contribution in [0.15, 0.2) is 22.7 Å². The highest BCUT2D eigenvalue weighted by atomic mass is 16.5. The summed E-state index contributed by atoms with van der Waals surface area (Å²) < 4.78 is 5.18. The molecule has 16 heavy (non-hydrogen) atoms. The van der Waals surface area contributed by atoms with Gasteiger partial charge in [0.15, 0.2) is 5.82 Å². The van der Waals surface area contributed by atoms with Crippen molar-refractivity contribution in [3.63, 3.8) is 0 Å². The molecule has 0 saturated heterocycles. The molecule has 0 bridgehead atoms. The van der Waals surface area contributed by atoms with Gasteiger partial charge in [-0.25, -0.2) is 0 Å². The molecule has 0 saturated carbocycles. The maximum atomic E-state index is 5.83. The molecule has 0 atom stereocenters. The highest BCUT2D eigenvalue weighted by Gasteiger charge is 2.08. The van der Waals surface area contributed by atoms with Crippen molar-refractivity contribution in [2.24, 2.45) is 0 Å². The topological polar surface area (TPSA) is 64.9 Å². The molecule has 2 rings (SSSR count). The minimum absolute atomic E-state index is 0.537. The molecule has 4 nitrogen and oxygen atoms in total. The molecule has 2 aromatic rings. The number of rotatable bonds is 3. The van der Waals surface area contributed by atoms with Gasteiger partial charge in [-0.2, -0.15) is 4.98 Å². The Bertz CT molecular complexity index is 491. The van der Waals surface area contributed by atoms with Crippen LogP contribution in [0.3, 0.4) is 0 Å². The Balaban J connectivity index is 2.31. The molecule has 84 valence electrons. The molecule has 0 radical (unpaired) electrons. The summed E-state index contributed by atoms with van der Waals surface area (Å²) in [5, 5.41) is 3.91. The van der Waals surface area contributed by atoms with Crippen molar-refractivity contribution < 1.29 is 4.52 Å². The quantitative estimate of drug-likeness (QED) is 0.802. The fraction of sp³-hybridized carbons (Fsp3) is 0.333. The number of nitrogens with two attached hydrogens (primary N) is 1. The number of benzene rings is 1. The zero-order chi connectivity index (χ0) is 11.5. The Labute approximate surface area is 94.5 Å². The van der Waals surface area contributed by atoms with Gasteiger partial charge in [-0.1, -0.05) is 18.1 Å². The summed E-state index contributed by atoms with van der Waals surface area (Å²) in [6.07, 6.45) is 1.85. The summed E-state index contributed by atoms with van der Waals surface area (Å²) in [5.74, 6) is 1.28. The van der Waals surface area contributed by atoms with Crippen LogP contribution in [-0.4, -0.2) is 10.1 Å². The average molecular weight is 217 g/mol. The summed E-state index contributed by atoms with van der Waals surface area (Å²) in [7, 11) is 0. The largest absolute Gasteiger partial charge is 0.398 e. The van der Waals surface area contributed by atoms with E-state index in [-0.39, 0.29) is 0 Å². The number of nitrogen functional groups attached to an aromatic ring is 1. The number of hydrogen-bond acceptors (Lipinski definition) is 4. The number of nitrogens with zero attached hydrogens (tertiary/aromatic N) is 2. The first-order valence-electron chi connectivity index (χ1n) is 5.39. The Morgan fingerprint density at radius 3 is 2.88 bits per heavy atom. The smallest absolute Gasteiger partial charge is 0.257 e. The second-order valence-electron chi connectivity index (χ2n) is 3.84. The lowest BCUT2D eigenvalue weighted by Crippen LogP contribution is -1.90. The zero-order valence-electron chi connectivity index (χ0n) is 9.53. The lowest BCUT2D eigenvalue weighted by Gasteiger charge is -2.00. The summed E-state index contributed by atoms with van der Waals surface area (Å²) in [5.41, 5.74) is 8.50. The van der Waals surface area contributed by atoms with Gasteiger partial charge in [-0.05, 0) is 31.0 Å². The van der Waals surface area contributed by atoms with Crippen LogP contribution in [0.4, 0.5) is 5.69 Å². The average Bonchev–Trinajstić information content (AvgIpc) is 2.71. The fourth-order valence-corrected chi connectivity index (χ4v) is 1.47. The Hall–Kier alpha value is -1.84. The Morgan fingerprint density at radius 2 is 2.19 bits per heavy atom. The Kier molecular flexibility index (Phi) is 2.90. The molecular weight excluding hydrogens is 202 g/mol. The minimum atomic E-state index is 0.537. The van der Waals surface area contributed by atoms with Crippen LogP contribution in [-0.2, 0) is 6.42 Å². The molecule has 0 aliphatic heterocycles. The molecular formula is C12H15N3O. The van der Waals surface area contributed by atoms with Crippen molar-refractivity contribution in [2.75, 3.05) is 5.73 Å². The molecule has 1 aromatic heterocycles. The fourth-order valence-electron chi connectivity index (χ4n) is 1.47. The van der Waals surface area contributed by atoms with Crippen LogP contribution >= 0.6 is 0 Å². The lowest BCUT2D eigenvalue weighted by molar-refractivity contribution is 0.422. The normalized spacial score (nSPS) is 10.6. The van der Waals surface area contributed by atoms with E-state index in [9.17, 15) is 0 Å². The first kappa shape index (κ1) is 10.7. The molecule has 0 aliphatic rings. The molecule has 4 heteroatoms. The van der Waals surface area contributed by atoms with E-state index in [2.05, 4.69) is 17.1 Å². The zero-order valence-corrected chi connectivity index (χ0v) is 9.53. The molecule has 0 fully saturated rings. The lowest BCUT2D eigenvalue weighted by atomic mass is 10.1. The molecule has 2 N–H and O–H groups in total. The van der Waals surface area contributed by atoms with Crippen LogP contribution < -0.4 is 5.73 Å². The summed E-state index contributed by atoms with van der Waals surface area (Å²) in [6, 6.07) is 5.75. The number of aryl methyl sites for hydroxylation is 2. The van der Waals surface area contributed by atoms with E-state index in [1.54, 1.807) is 0 Å². The van der Waals surface area contributed by atoms with Crippen LogP contribution in [0.5, 0.6) is 0 Å². The monoisotopic (exact) mass is 217 g/mol. The van der Waals surface area contributed by atoms with Gasteiger partial charge in [0, 0.05) is 17.7 Å². The molecule has 0 amide bonds. The van der Waals surface area contributed by atoms with Gasteiger partial charge in [0.2, 0.25) is 0 Å². The first-order valence-corrected chi connectivity index (χ1v) is 5.39. The van der Waals surface area contributed by atoms with Crippen LogP contribution in [0.25, 0.3) is 11.5 Å². The second-order valence-corrected chi connectivity index (χ2v) is 3.84. The van der Waals surface area contributed by atoms with E-state index in [1.807, 2.05) is 25.1 Å². The highest BCUT2D eigenvalue weighted by Crippen LogP contribution is 2.22. The van der Waals surface area contributed by atoms with Gasteiger partial charge in [0.05, 0.1) is 0 Å². The van der Waals surface area contributed by atoms with E-state index in [0.717, 1.165) is 35.5 Å². The van der Waals surface area contributed by atoms with Crippen molar-refractivity contribution in [2.45, 2.75) is 26.7 Å². The SMILES string of the molecule is CCCc1noc(-c2ccc(C)c(N)c2)n1. The van der Waals surface area contributed by atoms with Gasteiger partial charge >= 0.3 is 0 Å². The van der Waals surface area contributed by atoms with Crippen molar-refractivity contribution >= 4 is 5.69 Å².